The zero-order valence-electron chi connectivity index (χ0n) is 16.0. The van der Waals surface area contributed by atoms with Crippen LogP contribution in [0.3, 0.4) is 0 Å². The number of carbonyl (C=O) groups is 2. The van der Waals surface area contributed by atoms with Gasteiger partial charge in [0.15, 0.2) is 0 Å². The third kappa shape index (κ3) is 6.21. The Morgan fingerprint density at radius 2 is 1.38 bits per heavy atom. The molecule has 0 atom stereocenters. The largest absolute Gasteiger partial charge is 0.481 e. The van der Waals surface area contributed by atoms with Crippen LogP contribution in [0, 0.1) is 0 Å². The number of carboxylic acid groups (broad SMARTS) is 1. The summed E-state index contributed by atoms with van der Waals surface area (Å²) in [5.41, 5.74) is 2.95. The van der Waals surface area contributed by atoms with E-state index in [4.69, 9.17) is 9.84 Å². The first-order valence-electron chi connectivity index (χ1n) is 9.46. The summed E-state index contributed by atoms with van der Waals surface area (Å²) in [5, 5.41) is 11.2. The minimum absolute atomic E-state index is 0.0844. The van der Waals surface area contributed by atoms with Crippen molar-refractivity contribution >= 4 is 11.9 Å². The molecule has 29 heavy (non-hydrogen) atoms. The number of amides is 1. The maximum absolute atomic E-state index is 11.9. The van der Waals surface area contributed by atoms with Gasteiger partial charge in [-0.1, -0.05) is 72.8 Å². The highest BCUT2D eigenvalue weighted by atomic mass is 16.5. The van der Waals surface area contributed by atoms with E-state index in [-0.39, 0.29) is 31.4 Å². The molecule has 148 valence electrons. The summed E-state index contributed by atoms with van der Waals surface area (Å²) in [6, 6.07) is 27.4. The number of benzene rings is 3. The Hall–Kier alpha value is -3.60. The fourth-order valence-corrected chi connectivity index (χ4v) is 2.96. The monoisotopic (exact) mass is 389 g/mol. The Morgan fingerprint density at radius 1 is 0.828 bits per heavy atom. The Labute approximate surface area is 170 Å². The molecule has 5 heteroatoms. The molecule has 0 aliphatic carbocycles. The van der Waals surface area contributed by atoms with Crippen LogP contribution in [0.2, 0.25) is 0 Å². The highest BCUT2D eigenvalue weighted by molar-refractivity contribution is 5.79. The van der Waals surface area contributed by atoms with Crippen molar-refractivity contribution in [1.29, 1.82) is 0 Å². The van der Waals surface area contributed by atoms with Crippen LogP contribution >= 0.6 is 0 Å². The lowest BCUT2D eigenvalue weighted by molar-refractivity contribution is -0.136. The van der Waals surface area contributed by atoms with Crippen molar-refractivity contribution in [1.82, 2.24) is 5.32 Å². The van der Waals surface area contributed by atoms with Crippen molar-refractivity contribution in [3.05, 3.63) is 102 Å². The van der Waals surface area contributed by atoms with E-state index in [1.165, 1.54) is 0 Å². The van der Waals surface area contributed by atoms with Crippen molar-refractivity contribution in [2.45, 2.75) is 18.9 Å². The number of carboxylic acids is 1. The number of nitrogens with one attached hydrogen (secondary N) is 1. The van der Waals surface area contributed by atoms with Crippen molar-refractivity contribution in [2.24, 2.45) is 0 Å². The molecule has 0 aliphatic rings. The Morgan fingerprint density at radius 3 is 1.90 bits per heavy atom. The first kappa shape index (κ1) is 20.1. The van der Waals surface area contributed by atoms with Gasteiger partial charge in [0.2, 0.25) is 5.91 Å². The maximum Gasteiger partial charge on any atom is 0.305 e. The molecule has 2 N–H and O–H groups in total. The molecule has 0 heterocycles. The third-order valence-electron chi connectivity index (χ3n) is 4.41. The van der Waals surface area contributed by atoms with Crippen molar-refractivity contribution in [3.8, 4) is 5.75 Å². The first-order valence-corrected chi connectivity index (χ1v) is 9.46. The minimum Gasteiger partial charge on any atom is -0.481 e. The van der Waals surface area contributed by atoms with E-state index in [2.05, 4.69) is 5.32 Å². The summed E-state index contributed by atoms with van der Waals surface area (Å²) >= 11 is 0. The number of ether oxygens (including phenoxy) is 1. The SMILES string of the molecule is O=C(O)CCNC(=O)Cc1ccc(OC(c2ccccc2)c2ccccc2)cc1. The molecular formula is C24H23NO4. The summed E-state index contributed by atoms with van der Waals surface area (Å²) in [7, 11) is 0. The van der Waals surface area contributed by atoms with Crippen LogP contribution in [0.5, 0.6) is 5.75 Å². The minimum atomic E-state index is -0.932. The number of hydrogen-bond donors (Lipinski definition) is 2. The van der Waals surface area contributed by atoms with E-state index >= 15 is 0 Å². The molecule has 0 aromatic heterocycles. The number of rotatable bonds is 9. The van der Waals surface area contributed by atoms with Crippen LogP contribution in [0.4, 0.5) is 0 Å². The van der Waals surface area contributed by atoms with Gasteiger partial charge in [0.25, 0.3) is 0 Å². The molecule has 0 spiro atoms. The Bertz CT molecular complexity index is 885. The number of hydrogen-bond acceptors (Lipinski definition) is 3. The normalized spacial score (nSPS) is 10.5. The standard InChI is InChI=1S/C24H23NO4/c26-22(25-16-15-23(27)28)17-18-11-13-21(14-12-18)29-24(19-7-3-1-4-8-19)20-9-5-2-6-10-20/h1-14,24H,15-17H2,(H,25,26)(H,27,28). The van der Waals surface area contributed by atoms with Gasteiger partial charge in [-0.2, -0.15) is 0 Å². The van der Waals surface area contributed by atoms with Gasteiger partial charge >= 0.3 is 5.97 Å². The number of aliphatic carboxylic acids is 1. The molecule has 1 amide bonds. The highest BCUT2D eigenvalue weighted by Gasteiger charge is 2.15. The second-order valence-corrected chi connectivity index (χ2v) is 6.63. The van der Waals surface area contributed by atoms with Gasteiger partial charge in [0, 0.05) is 6.54 Å². The second-order valence-electron chi connectivity index (χ2n) is 6.63. The molecule has 0 bridgehead atoms. The molecule has 0 fully saturated rings. The zero-order chi connectivity index (χ0) is 20.5. The van der Waals surface area contributed by atoms with Crippen LogP contribution in [-0.2, 0) is 16.0 Å². The lowest BCUT2D eigenvalue weighted by atomic mass is 10.0. The first-order chi connectivity index (χ1) is 14.1. The van der Waals surface area contributed by atoms with Crippen molar-refractivity contribution < 1.29 is 19.4 Å². The predicted octanol–water partition coefficient (Wildman–Crippen LogP) is 3.99. The zero-order valence-corrected chi connectivity index (χ0v) is 16.0. The van der Waals surface area contributed by atoms with Crippen LogP contribution in [-0.4, -0.2) is 23.5 Å². The van der Waals surface area contributed by atoms with E-state index in [9.17, 15) is 9.59 Å². The van der Waals surface area contributed by atoms with E-state index in [0.717, 1.165) is 16.7 Å². The van der Waals surface area contributed by atoms with Crippen LogP contribution in [0.15, 0.2) is 84.9 Å². The van der Waals surface area contributed by atoms with Gasteiger partial charge in [0.05, 0.1) is 12.8 Å². The van der Waals surface area contributed by atoms with Crippen LogP contribution in [0.25, 0.3) is 0 Å². The summed E-state index contributed by atoms with van der Waals surface area (Å²) < 4.78 is 6.27. The predicted molar refractivity (Wildman–Crippen MR) is 111 cm³/mol. The summed E-state index contributed by atoms with van der Waals surface area (Å²) in [4.78, 5) is 22.4. The van der Waals surface area contributed by atoms with Crippen molar-refractivity contribution in [3.63, 3.8) is 0 Å². The van der Waals surface area contributed by atoms with E-state index in [0.29, 0.717) is 5.75 Å². The van der Waals surface area contributed by atoms with Gasteiger partial charge in [-0.05, 0) is 28.8 Å². The quantitative estimate of drug-likeness (QED) is 0.580. The summed E-state index contributed by atoms with van der Waals surface area (Å²) in [6.07, 6.45) is -0.123. The van der Waals surface area contributed by atoms with E-state index < -0.39 is 5.97 Å². The molecule has 0 saturated carbocycles. The Kier molecular flexibility index (Phi) is 7.00. The van der Waals surface area contributed by atoms with Gasteiger partial charge in [0.1, 0.15) is 11.9 Å². The highest BCUT2D eigenvalue weighted by Crippen LogP contribution is 2.28. The van der Waals surface area contributed by atoms with E-state index in [1.54, 1.807) is 0 Å². The van der Waals surface area contributed by atoms with E-state index in [1.807, 2.05) is 84.9 Å². The summed E-state index contributed by atoms with van der Waals surface area (Å²) in [6.45, 7) is 0.130. The molecule has 0 saturated heterocycles. The van der Waals surface area contributed by atoms with Gasteiger partial charge in [-0.15, -0.1) is 0 Å². The van der Waals surface area contributed by atoms with Gasteiger partial charge in [-0.25, -0.2) is 0 Å². The topological polar surface area (TPSA) is 75.6 Å². The van der Waals surface area contributed by atoms with Gasteiger partial charge in [-0.3, -0.25) is 9.59 Å². The van der Waals surface area contributed by atoms with Gasteiger partial charge < -0.3 is 15.2 Å². The lowest BCUT2D eigenvalue weighted by Gasteiger charge is -2.20. The molecule has 3 aromatic rings. The molecular weight excluding hydrogens is 366 g/mol. The lowest BCUT2D eigenvalue weighted by Crippen LogP contribution is -2.27. The average molecular weight is 389 g/mol. The summed E-state index contributed by atoms with van der Waals surface area (Å²) in [5.74, 6) is -0.428. The molecule has 3 aromatic carbocycles. The number of carbonyl (C=O) groups excluding carboxylic acids is 1. The van der Waals surface area contributed by atoms with Crippen LogP contribution < -0.4 is 10.1 Å². The second kappa shape index (κ2) is 10.1. The fourth-order valence-electron chi connectivity index (χ4n) is 2.96. The smallest absolute Gasteiger partial charge is 0.305 e. The maximum atomic E-state index is 11.9. The van der Waals surface area contributed by atoms with Crippen LogP contribution in [0.1, 0.15) is 29.2 Å². The van der Waals surface area contributed by atoms with Crippen molar-refractivity contribution in [2.75, 3.05) is 6.54 Å². The fraction of sp³-hybridized carbons (Fsp3) is 0.167. The molecule has 0 aliphatic heterocycles. The Balaban J connectivity index is 1.66. The molecule has 5 nitrogen and oxygen atoms in total. The third-order valence-corrected chi connectivity index (χ3v) is 4.41. The molecule has 0 unspecified atom stereocenters. The molecule has 3 rings (SSSR count). The average Bonchev–Trinajstić information content (AvgIpc) is 2.74. The molecule has 0 radical (unpaired) electrons.